The molecule has 0 aliphatic rings. The Morgan fingerprint density at radius 2 is 1.90 bits per heavy atom. The van der Waals surface area contributed by atoms with Gasteiger partial charge in [0, 0.05) is 7.11 Å². The highest BCUT2D eigenvalue weighted by atomic mass is 16.6. The number of carbonyl (C=O) groups excluding carboxylic acids is 1. The van der Waals surface area contributed by atoms with Gasteiger partial charge in [0.15, 0.2) is 0 Å². The van der Waals surface area contributed by atoms with Crippen LogP contribution < -0.4 is 5.32 Å². The molecule has 0 radical (unpaired) electrons. The topological polar surface area (TPSA) is 67.8 Å². The summed E-state index contributed by atoms with van der Waals surface area (Å²) < 4.78 is 10.5. The minimum Gasteiger partial charge on any atom is -0.459 e. The molecule has 21 heavy (non-hydrogen) atoms. The summed E-state index contributed by atoms with van der Waals surface area (Å²) in [7, 11) is 1.60. The zero-order valence-electron chi connectivity index (χ0n) is 13.1. The Bertz CT molecular complexity index is 428. The van der Waals surface area contributed by atoms with E-state index in [9.17, 15) is 9.90 Å². The Hall–Kier alpha value is -1.43. The molecule has 0 unspecified atom stereocenters. The lowest BCUT2D eigenvalue weighted by molar-refractivity contribution is -0.158. The molecular formula is C16H25NO4. The molecule has 1 aromatic carbocycles. The van der Waals surface area contributed by atoms with Gasteiger partial charge in [-0.25, -0.2) is 0 Å². The van der Waals surface area contributed by atoms with E-state index in [1.807, 2.05) is 30.3 Å². The lowest BCUT2D eigenvalue weighted by Gasteiger charge is -2.27. The second-order valence-electron chi connectivity index (χ2n) is 5.85. The molecule has 0 aromatic heterocycles. The maximum Gasteiger partial charge on any atom is 0.326 e. The summed E-state index contributed by atoms with van der Waals surface area (Å²) in [6, 6.07) is 8.67. The van der Waals surface area contributed by atoms with Crippen LogP contribution in [0.4, 0.5) is 0 Å². The van der Waals surface area contributed by atoms with E-state index >= 15 is 0 Å². The molecule has 118 valence electrons. The number of methoxy groups -OCH3 is 1. The summed E-state index contributed by atoms with van der Waals surface area (Å²) >= 11 is 0. The van der Waals surface area contributed by atoms with E-state index in [0.717, 1.165) is 5.56 Å². The van der Waals surface area contributed by atoms with Gasteiger partial charge in [-0.15, -0.1) is 0 Å². The fourth-order valence-corrected chi connectivity index (χ4v) is 1.90. The number of ether oxygens (including phenoxy) is 2. The fraction of sp³-hybridized carbons (Fsp3) is 0.562. The zero-order valence-corrected chi connectivity index (χ0v) is 13.1. The van der Waals surface area contributed by atoms with Crippen molar-refractivity contribution in [1.82, 2.24) is 5.32 Å². The van der Waals surface area contributed by atoms with Crippen LogP contribution in [0.15, 0.2) is 30.3 Å². The summed E-state index contributed by atoms with van der Waals surface area (Å²) in [5, 5.41) is 12.5. The standard InChI is InChI=1S/C16H25NO4/c1-16(2,3)21-15(19)13(10-18)17-14(11-20-4)12-8-6-5-7-9-12/h5-9,13-14,17-18H,10-11H2,1-4H3/t13-,14+/m1/s1. The Balaban J connectivity index is 2.78. The third-order valence-corrected chi connectivity index (χ3v) is 2.81. The molecular weight excluding hydrogens is 270 g/mol. The Morgan fingerprint density at radius 1 is 1.29 bits per heavy atom. The second kappa shape index (κ2) is 8.12. The van der Waals surface area contributed by atoms with Crippen molar-refractivity contribution in [2.24, 2.45) is 0 Å². The molecule has 0 aliphatic carbocycles. The van der Waals surface area contributed by atoms with Crippen LogP contribution in [0.1, 0.15) is 32.4 Å². The molecule has 1 rings (SSSR count). The van der Waals surface area contributed by atoms with E-state index < -0.39 is 17.6 Å². The Labute approximate surface area is 126 Å². The van der Waals surface area contributed by atoms with E-state index in [-0.39, 0.29) is 12.6 Å². The average Bonchev–Trinajstić information content (AvgIpc) is 2.42. The third-order valence-electron chi connectivity index (χ3n) is 2.81. The molecule has 2 atom stereocenters. The molecule has 5 nitrogen and oxygen atoms in total. The number of rotatable bonds is 7. The zero-order chi connectivity index (χ0) is 15.9. The van der Waals surface area contributed by atoms with Crippen LogP contribution >= 0.6 is 0 Å². The predicted octanol–water partition coefficient (Wildman–Crippen LogP) is 1.67. The van der Waals surface area contributed by atoms with Crippen molar-refractivity contribution < 1.29 is 19.4 Å². The Morgan fingerprint density at radius 3 is 2.38 bits per heavy atom. The van der Waals surface area contributed by atoms with Gasteiger partial charge in [0.2, 0.25) is 0 Å². The maximum absolute atomic E-state index is 12.1. The fourth-order valence-electron chi connectivity index (χ4n) is 1.90. The molecule has 1 aromatic rings. The molecule has 0 saturated heterocycles. The molecule has 0 heterocycles. The van der Waals surface area contributed by atoms with Crippen molar-refractivity contribution in [1.29, 1.82) is 0 Å². The SMILES string of the molecule is COC[C@H](N[C@H](CO)C(=O)OC(C)(C)C)c1ccccc1. The molecule has 0 spiro atoms. The molecule has 0 saturated carbocycles. The summed E-state index contributed by atoms with van der Waals surface area (Å²) in [6.45, 7) is 5.45. The summed E-state index contributed by atoms with van der Waals surface area (Å²) in [6.07, 6.45) is 0. The van der Waals surface area contributed by atoms with Gasteiger partial charge in [-0.2, -0.15) is 0 Å². The quantitative estimate of drug-likeness (QED) is 0.749. The number of aliphatic hydroxyl groups is 1. The van der Waals surface area contributed by atoms with E-state index in [1.165, 1.54) is 0 Å². The van der Waals surface area contributed by atoms with Crippen molar-refractivity contribution in [3.05, 3.63) is 35.9 Å². The van der Waals surface area contributed by atoms with Crippen LogP contribution in [0, 0.1) is 0 Å². The van der Waals surface area contributed by atoms with Gasteiger partial charge >= 0.3 is 5.97 Å². The first-order chi connectivity index (χ1) is 9.87. The van der Waals surface area contributed by atoms with Crippen LogP contribution in [-0.4, -0.2) is 43.0 Å². The minimum atomic E-state index is -0.787. The minimum absolute atomic E-state index is 0.194. The van der Waals surface area contributed by atoms with Gasteiger partial charge in [0.25, 0.3) is 0 Å². The Kier molecular flexibility index (Phi) is 6.81. The van der Waals surface area contributed by atoms with Crippen LogP contribution in [0.2, 0.25) is 0 Å². The molecule has 0 fully saturated rings. The number of carbonyl (C=O) groups is 1. The first-order valence-corrected chi connectivity index (χ1v) is 7.01. The molecule has 0 aliphatic heterocycles. The van der Waals surface area contributed by atoms with Crippen LogP contribution in [0.3, 0.4) is 0 Å². The second-order valence-corrected chi connectivity index (χ2v) is 5.85. The predicted molar refractivity (Wildman–Crippen MR) is 80.9 cm³/mol. The van der Waals surface area contributed by atoms with Gasteiger partial charge < -0.3 is 14.6 Å². The van der Waals surface area contributed by atoms with Crippen molar-refractivity contribution in [2.75, 3.05) is 20.3 Å². The molecule has 5 heteroatoms. The summed E-state index contributed by atoms with van der Waals surface area (Å²) in [5.41, 5.74) is 0.400. The maximum atomic E-state index is 12.1. The highest BCUT2D eigenvalue weighted by molar-refractivity contribution is 5.76. The van der Waals surface area contributed by atoms with Crippen LogP contribution in [-0.2, 0) is 14.3 Å². The van der Waals surface area contributed by atoms with Crippen LogP contribution in [0.5, 0.6) is 0 Å². The number of benzene rings is 1. The van der Waals surface area contributed by atoms with E-state index in [1.54, 1.807) is 27.9 Å². The van der Waals surface area contributed by atoms with Gasteiger partial charge in [-0.1, -0.05) is 30.3 Å². The highest BCUT2D eigenvalue weighted by Gasteiger charge is 2.27. The molecule has 0 bridgehead atoms. The lowest BCUT2D eigenvalue weighted by Crippen LogP contribution is -2.46. The van der Waals surface area contributed by atoms with Gasteiger partial charge in [-0.05, 0) is 26.3 Å². The van der Waals surface area contributed by atoms with Crippen molar-refractivity contribution in [3.8, 4) is 0 Å². The smallest absolute Gasteiger partial charge is 0.326 e. The monoisotopic (exact) mass is 295 g/mol. The lowest BCUT2D eigenvalue weighted by atomic mass is 10.1. The van der Waals surface area contributed by atoms with Crippen molar-refractivity contribution >= 4 is 5.97 Å². The number of hydrogen-bond donors (Lipinski definition) is 2. The number of esters is 1. The van der Waals surface area contributed by atoms with Gasteiger partial charge in [0.05, 0.1) is 19.3 Å². The number of aliphatic hydroxyl groups excluding tert-OH is 1. The van der Waals surface area contributed by atoms with Crippen LogP contribution in [0.25, 0.3) is 0 Å². The average molecular weight is 295 g/mol. The highest BCUT2D eigenvalue weighted by Crippen LogP contribution is 2.15. The van der Waals surface area contributed by atoms with Crippen molar-refractivity contribution in [2.45, 2.75) is 38.5 Å². The van der Waals surface area contributed by atoms with E-state index in [4.69, 9.17) is 9.47 Å². The van der Waals surface area contributed by atoms with E-state index in [2.05, 4.69) is 5.32 Å². The summed E-state index contributed by atoms with van der Waals surface area (Å²) in [4.78, 5) is 12.1. The molecule has 2 N–H and O–H groups in total. The largest absolute Gasteiger partial charge is 0.459 e. The third kappa shape index (κ3) is 6.25. The number of nitrogens with one attached hydrogen (secondary N) is 1. The normalized spacial score (nSPS) is 14.5. The first-order valence-electron chi connectivity index (χ1n) is 7.01. The molecule has 0 amide bonds. The summed E-state index contributed by atoms with van der Waals surface area (Å²) in [5.74, 6) is -0.470. The van der Waals surface area contributed by atoms with Gasteiger partial charge in [-0.3, -0.25) is 10.1 Å². The van der Waals surface area contributed by atoms with Crippen molar-refractivity contribution in [3.63, 3.8) is 0 Å². The first kappa shape index (κ1) is 17.6. The van der Waals surface area contributed by atoms with Gasteiger partial charge in [0.1, 0.15) is 11.6 Å². The van der Waals surface area contributed by atoms with E-state index in [0.29, 0.717) is 6.61 Å². The number of hydrogen-bond acceptors (Lipinski definition) is 5.